The zero-order valence-corrected chi connectivity index (χ0v) is 12.6. The van der Waals surface area contributed by atoms with Crippen LogP contribution in [0.3, 0.4) is 0 Å². The number of carbonyl (C=O) groups excluding carboxylic acids is 3. The molecule has 1 aliphatic rings. The van der Waals surface area contributed by atoms with Gasteiger partial charge < -0.3 is 18.9 Å². The van der Waals surface area contributed by atoms with E-state index in [1.54, 1.807) is 20.8 Å². The van der Waals surface area contributed by atoms with E-state index in [9.17, 15) is 14.4 Å². The lowest BCUT2D eigenvalue weighted by Gasteiger charge is -2.34. The molecule has 21 heavy (non-hydrogen) atoms. The summed E-state index contributed by atoms with van der Waals surface area (Å²) >= 11 is 0. The summed E-state index contributed by atoms with van der Waals surface area (Å²) in [5.41, 5.74) is 0. The van der Waals surface area contributed by atoms with Gasteiger partial charge in [-0.25, -0.2) is 0 Å². The summed E-state index contributed by atoms with van der Waals surface area (Å²) in [6.45, 7) is 5.04. The van der Waals surface area contributed by atoms with E-state index in [2.05, 4.69) is 0 Å². The molecule has 0 amide bonds. The summed E-state index contributed by atoms with van der Waals surface area (Å²) in [4.78, 5) is 34.1. The Kier molecular flexibility index (Phi) is 7.14. The highest BCUT2D eigenvalue weighted by Crippen LogP contribution is 2.22. The first-order valence-corrected chi connectivity index (χ1v) is 7.20. The zero-order chi connectivity index (χ0) is 15.8. The zero-order valence-electron chi connectivity index (χ0n) is 12.6. The third-order valence-corrected chi connectivity index (χ3v) is 2.98. The van der Waals surface area contributed by atoms with Crippen molar-refractivity contribution in [1.82, 2.24) is 0 Å². The summed E-state index contributed by atoms with van der Waals surface area (Å²) in [5.74, 6) is -1.20. The first-order chi connectivity index (χ1) is 9.99. The molecule has 7 heteroatoms. The lowest BCUT2D eigenvalue weighted by atomic mass is 10.1. The van der Waals surface area contributed by atoms with Gasteiger partial charge in [-0.05, 0) is 0 Å². The number of rotatable bonds is 6. The molecule has 0 aromatic carbocycles. The van der Waals surface area contributed by atoms with Crippen molar-refractivity contribution in [3.8, 4) is 0 Å². The molecule has 1 unspecified atom stereocenters. The van der Waals surface area contributed by atoms with Gasteiger partial charge in [0.1, 0.15) is 6.10 Å². The van der Waals surface area contributed by atoms with Crippen LogP contribution in [0.5, 0.6) is 0 Å². The smallest absolute Gasteiger partial charge is 0.307 e. The maximum Gasteiger partial charge on any atom is 0.307 e. The number of ether oxygens (including phenoxy) is 4. The summed E-state index contributed by atoms with van der Waals surface area (Å²) in [5, 5.41) is 0. The van der Waals surface area contributed by atoms with Gasteiger partial charge in [-0.15, -0.1) is 0 Å². The van der Waals surface area contributed by atoms with Crippen LogP contribution in [-0.2, 0) is 33.3 Å². The van der Waals surface area contributed by atoms with Crippen molar-refractivity contribution >= 4 is 17.9 Å². The van der Waals surface area contributed by atoms with Gasteiger partial charge in [-0.3, -0.25) is 14.4 Å². The second-order valence-corrected chi connectivity index (χ2v) is 4.61. The van der Waals surface area contributed by atoms with Gasteiger partial charge in [0.05, 0.1) is 13.0 Å². The van der Waals surface area contributed by atoms with E-state index in [1.807, 2.05) is 0 Å². The molecule has 0 aromatic heterocycles. The number of carbonyl (C=O) groups is 3. The third kappa shape index (κ3) is 5.71. The first kappa shape index (κ1) is 17.4. The Bertz CT molecular complexity index is 380. The van der Waals surface area contributed by atoms with E-state index < -0.39 is 36.4 Å². The monoisotopic (exact) mass is 302 g/mol. The van der Waals surface area contributed by atoms with Gasteiger partial charge in [0.15, 0.2) is 6.10 Å². The van der Waals surface area contributed by atoms with Crippen LogP contribution in [0.4, 0.5) is 0 Å². The topological polar surface area (TPSA) is 88.1 Å². The molecule has 0 aromatic rings. The Morgan fingerprint density at radius 3 is 1.86 bits per heavy atom. The fourth-order valence-corrected chi connectivity index (χ4v) is 1.77. The maximum atomic E-state index is 11.5. The van der Waals surface area contributed by atoms with E-state index in [0.717, 1.165) is 0 Å². The Balaban J connectivity index is 2.66. The average Bonchev–Trinajstić information content (AvgIpc) is 2.49. The minimum Gasteiger partial charge on any atom is -0.458 e. The Morgan fingerprint density at radius 1 is 0.857 bits per heavy atom. The highest BCUT2D eigenvalue weighted by Gasteiger charge is 2.37. The van der Waals surface area contributed by atoms with Crippen molar-refractivity contribution in [3.63, 3.8) is 0 Å². The molecular formula is C14H22O7. The van der Waals surface area contributed by atoms with Gasteiger partial charge in [0, 0.05) is 19.3 Å². The Morgan fingerprint density at radius 2 is 1.33 bits per heavy atom. The SMILES string of the molecule is CCC(=O)OC1C[C@@H](OC(=O)CC)[C@H](OC(=O)CC)CO1. The predicted octanol–water partition coefficient (Wildman–Crippen LogP) is 1.33. The fourth-order valence-electron chi connectivity index (χ4n) is 1.77. The average molecular weight is 302 g/mol. The molecule has 0 spiro atoms. The molecule has 3 atom stereocenters. The van der Waals surface area contributed by atoms with Crippen molar-refractivity contribution in [1.29, 1.82) is 0 Å². The molecule has 1 fully saturated rings. The molecule has 0 bridgehead atoms. The molecule has 7 nitrogen and oxygen atoms in total. The third-order valence-electron chi connectivity index (χ3n) is 2.98. The van der Waals surface area contributed by atoms with E-state index in [0.29, 0.717) is 0 Å². The van der Waals surface area contributed by atoms with Gasteiger partial charge >= 0.3 is 17.9 Å². The van der Waals surface area contributed by atoms with Crippen molar-refractivity contribution in [2.24, 2.45) is 0 Å². The van der Waals surface area contributed by atoms with E-state index in [4.69, 9.17) is 18.9 Å². The molecule has 0 N–H and O–H groups in total. The van der Waals surface area contributed by atoms with E-state index in [1.165, 1.54) is 0 Å². The van der Waals surface area contributed by atoms with Gasteiger partial charge in [-0.1, -0.05) is 20.8 Å². The van der Waals surface area contributed by atoms with E-state index >= 15 is 0 Å². The van der Waals surface area contributed by atoms with Crippen LogP contribution in [0.1, 0.15) is 46.5 Å². The molecule has 0 radical (unpaired) electrons. The van der Waals surface area contributed by atoms with Crippen LogP contribution >= 0.6 is 0 Å². The lowest BCUT2D eigenvalue weighted by Crippen LogP contribution is -2.47. The molecule has 0 aliphatic carbocycles. The molecule has 0 saturated carbocycles. The van der Waals surface area contributed by atoms with E-state index in [-0.39, 0.29) is 32.3 Å². The van der Waals surface area contributed by atoms with Crippen LogP contribution in [-0.4, -0.2) is 43.0 Å². The minimum atomic E-state index is -0.788. The second-order valence-electron chi connectivity index (χ2n) is 4.61. The van der Waals surface area contributed by atoms with Crippen molar-refractivity contribution in [3.05, 3.63) is 0 Å². The summed E-state index contributed by atoms with van der Waals surface area (Å²) in [7, 11) is 0. The largest absolute Gasteiger partial charge is 0.458 e. The molecule has 1 rings (SSSR count). The van der Waals surface area contributed by atoms with Crippen LogP contribution in [0.2, 0.25) is 0 Å². The summed E-state index contributed by atoms with van der Waals surface area (Å²) in [6.07, 6.45) is -1.32. The normalized spacial score (nSPS) is 25.0. The first-order valence-electron chi connectivity index (χ1n) is 7.20. The van der Waals surface area contributed by atoms with Crippen LogP contribution < -0.4 is 0 Å². The standard InChI is InChI=1S/C14H22O7/c1-4-11(15)19-9-7-14(21-13(17)6-3)18-8-10(9)20-12(16)5-2/h9-10,14H,4-8H2,1-3H3/t9-,10-,14?/m1/s1. The Hall–Kier alpha value is -1.63. The molecule has 1 heterocycles. The van der Waals surface area contributed by atoms with Gasteiger partial charge in [0.2, 0.25) is 6.29 Å². The second kappa shape index (κ2) is 8.61. The van der Waals surface area contributed by atoms with Crippen molar-refractivity contribution < 1.29 is 33.3 Å². The van der Waals surface area contributed by atoms with Crippen molar-refractivity contribution in [2.45, 2.75) is 65.0 Å². The summed E-state index contributed by atoms with van der Waals surface area (Å²) in [6, 6.07) is 0. The Labute approximate surface area is 123 Å². The highest BCUT2D eigenvalue weighted by atomic mass is 16.7. The fraction of sp³-hybridized carbons (Fsp3) is 0.786. The molecule has 1 aliphatic heterocycles. The number of esters is 3. The molecule has 1 saturated heterocycles. The quantitative estimate of drug-likeness (QED) is 0.540. The molecular weight excluding hydrogens is 280 g/mol. The number of hydrogen-bond acceptors (Lipinski definition) is 7. The van der Waals surface area contributed by atoms with Crippen LogP contribution in [0.15, 0.2) is 0 Å². The number of hydrogen-bond donors (Lipinski definition) is 0. The van der Waals surface area contributed by atoms with Crippen LogP contribution in [0.25, 0.3) is 0 Å². The van der Waals surface area contributed by atoms with Gasteiger partial charge in [-0.2, -0.15) is 0 Å². The van der Waals surface area contributed by atoms with Gasteiger partial charge in [0.25, 0.3) is 0 Å². The minimum absolute atomic E-state index is 0.0229. The molecule has 120 valence electrons. The van der Waals surface area contributed by atoms with Crippen molar-refractivity contribution in [2.75, 3.05) is 6.61 Å². The van der Waals surface area contributed by atoms with Crippen LogP contribution in [0, 0.1) is 0 Å². The lowest BCUT2D eigenvalue weighted by molar-refractivity contribution is -0.230. The summed E-state index contributed by atoms with van der Waals surface area (Å²) < 4.78 is 20.9. The highest BCUT2D eigenvalue weighted by molar-refractivity contribution is 5.70. The predicted molar refractivity (Wildman–Crippen MR) is 71.1 cm³/mol. The maximum absolute atomic E-state index is 11.5.